The number of anilines is 1. The van der Waals surface area contributed by atoms with E-state index in [1.807, 2.05) is 12.1 Å². The van der Waals surface area contributed by atoms with Crippen LogP contribution in [0.5, 0.6) is 0 Å². The number of nitrogens with one attached hydrogen (secondary N) is 1. The fraction of sp³-hybridized carbons (Fsp3) is 0.294. The second-order valence-electron chi connectivity index (χ2n) is 5.37. The SMILES string of the molecule is COC(=O)c1c(NC(=O)c2ccc(Br)cc2)sc2c1CCCC2. The summed E-state index contributed by atoms with van der Waals surface area (Å²) in [5, 5.41) is 3.48. The first-order valence-corrected chi connectivity index (χ1v) is 9.01. The van der Waals surface area contributed by atoms with Crippen LogP contribution in [0.25, 0.3) is 0 Å². The zero-order valence-corrected chi connectivity index (χ0v) is 15.1. The molecule has 0 unspecified atom stereocenters. The van der Waals surface area contributed by atoms with Crippen LogP contribution in [0.4, 0.5) is 5.00 Å². The molecule has 0 saturated carbocycles. The fourth-order valence-corrected chi connectivity index (χ4v) is 4.29. The minimum Gasteiger partial charge on any atom is -0.465 e. The Kier molecular flexibility index (Phi) is 4.82. The van der Waals surface area contributed by atoms with Gasteiger partial charge in [-0.1, -0.05) is 15.9 Å². The predicted octanol–water partition coefficient (Wildman–Crippen LogP) is 4.43. The number of hydrogen-bond donors (Lipinski definition) is 1. The van der Waals surface area contributed by atoms with Crippen LogP contribution in [0.2, 0.25) is 0 Å². The lowest BCUT2D eigenvalue weighted by Gasteiger charge is -2.11. The van der Waals surface area contributed by atoms with E-state index in [-0.39, 0.29) is 11.9 Å². The van der Waals surface area contributed by atoms with Gasteiger partial charge in [0, 0.05) is 14.9 Å². The van der Waals surface area contributed by atoms with Gasteiger partial charge >= 0.3 is 5.97 Å². The largest absolute Gasteiger partial charge is 0.465 e. The third kappa shape index (κ3) is 3.33. The summed E-state index contributed by atoms with van der Waals surface area (Å²) < 4.78 is 5.83. The summed E-state index contributed by atoms with van der Waals surface area (Å²) in [6, 6.07) is 7.11. The molecule has 1 aliphatic rings. The number of aryl methyl sites for hydroxylation is 1. The van der Waals surface area contributed by atoms with Gasteiger partial charge in [0.15, 0.2) is 0 Å². The standard InChI is InChI=1S/C17H16BrNO3S/c1-22-17(21)14-12-4-2-3-5-13(12)23-16(14)19-15(20)10-6-8-11(18)9-7-10/h6-9H,2-5H2,1H3,(H,19,20). The van der Waals surface area contributed by atoms with Gasteiger partial charge in [0.25, 0.3) is 5.91 Å². The molecule has 0 spiro atoms. The van der Waals surface area contributed by atoms with Crippen molar-refractivity contribution >= 4 is 44.1 Å². The lowest BCUT2D eigenvalue weighted by atomic mass is 9.95. The first kappa shape index (κ1) is 16.2. The number of hydrogen-bond acceptors (Lipinski definition) is 4. The molecule has 0 radical (unpaired) electrons. The Hall–Kier alpha value is -1.66. The van der Waals surface area contributed by atoms with Crippen LogP contribution in [-0.2, 0) is 17.6 Å². The molecule has 6 heteroatoms. The number of halogens is 1. The topological polar surface area (TPSA) is 55.4 Å². The average Bonchev–Trinajstić information content (AvgIpc) is 2.92. The lowest BCUT2D eigenvalue weighted by molar-refractivity contribution is 0.0601. The second-order valence-corrected chi connectivity index (χ2v) is 7.39. The monoisotopic (exact) mass is 393 g/mol. The van der Waals surface area contributed by atoms with Gasteiger partial charge in [0.05, 0.1) is 12.7 Å². The van der Waals surface area contributed by atoms with E-state index in [0.717, 1.165) is 35.7 Å². The summed E-state index contributed by atoms with van der Waals surface area (Å²) in [4.78, 5) is 25.8. The van der Waals surface area contributed by atoms with Crippen molar-refractivity contribution < 1.29 is 14.3 Å². The average molecular weight is 394 g/mol. The molecule has 0 bridgehead atoms. The molecule has 0 atom stereocenters. The predicted molar refractivity (Wildman–Crippen MR) is 94.4 cm³/mol. The molecule has 1 aromatic heterocycles. The molecule has 0 saturated heterocycles. The summed E-state index contributed by atoms with van der Waals surface area (Å²) in [6.45, 7) is 0. The lowest BCUT2D eigenvalue weighted by Crippen LogP contribution is -2.15. The van der Waals surface area contributed by atoms with Crippen LogP contribution in [0, 0.1) is 0 Å². The Bertz CT molecular complexity index is 752. The summed E-state index contributed by atoms with van der Waals surface area (Å²) in [5.41, 5.74) is 2.12. The Morgan fingerprint density at radius 2 is 1.87 bits per heavy atom. The Balaban J connectivity index is 1.93. The van der Waals surface area contributed by atoms with Crippen LogP contribution in [-0.4, -0.2) is 19.0 Å². The normalized spacial score (nSPS) is 13.3. The highest BCUT2D eigenvalue weighted by atomic mass is 79.9. The van der Waals surface area contributed by atoms with Gasteiger partial charge in [-0.05, 0) is 55.5 Å². The smallest absolute Gasteiger partial charge is 0.341 e. The molecule has 2 aromatic rings. The van der Waals surface area contributed by atoms with E-state index >= 15 is 0 Å². The molecule has 23 heavy (non-hydrogen) atoms. The van der Waals surface area contributed by atoms with Crippen molar-refractivity contribution in [2.45, 2.75) is 25.7 Å². The highest BCUT2D eigenvalue weighted by Crippen LogP contribution is 2.38. The third-order valence-corrected chi connectivity index (χ3v) is 5.63. The molecule has 3 rings (SSSR count). The van der Waals surface area contributed by atoms with Crippen LogP contribution in [0.3, 0.4) is 0 Å². The minimum absolute atomic E-state index is 0.221. The zero-order valence-electron chi connectivity index (χ0n) is 12.6. The van der Waals surface area contributed by atoms with Crippen molar-refractivity contribution in [3.8, 4) is 0 Å². The molecule has 4 nitrogen and oxygen atoms in total. The van der Waals surface area contributed by atoms with Gasteiger partial charge < -0.3 is 10.1 Å². The summed E-state index contributed by atoms with van der Waals surface area (Å²) in [7, 11) is 1.37. The maximum absolute atomic E-state index is 12.4. The van der Waals surface area contributed by atoms with Crippen molar-refractivity contribution in [2.24, 2.45) is 0 Å². The highest BCUT2D eigenvalue weighted by molar-refractivity contribution is 9.10. The highest BCUT2D eigenvalue weighted by Gasteiger charge is 2.27. The number of benzene rings is 1. The van der Waals surface area contributed by atoms with Crippen LogP contribution in [0.1, 0.15) is 44.0 Å². The molecule has 1 amide bonds. The van der Waals surface area contributed by atoms with Gasteiger partial charge in [-0.3, -0.25) is 4.79 Å². The van der Waals surface area contributed by atoms with E-state index in [1.54, 1.807) is 12.1 Å². The molecule has 120 valence electrons. The molecular weight excluding hydrogens is 378 g/mol. The zero-order chi connectivity index (χ0) is 16.4. The van der Waals surface area contributed by atoms with Crippen molar-refractivity contribution in [3.63, 3.8) is 0 Å². The number of fused-ring (bicyclic) bond motifs is 1. The maximum Gasteiger partial charge on any atom is 0.341 e. The molecule has 1 aliphatic carbocycles. The number of amides is 1. The van der Waals surface area contributed by atoms with E-state index in [1.165, 1.54) is 23.3 Å². The summed E-state index contributed by atoms with van der Waals surface area (Å²) in [5.74, 6) is -0.600. The summed E-state index contributed by atoms with van der Waals surface area (Å²) in [6.07, 6.45) is 4.00. The Labute approximate surface area is 147 Å². The maximum atomic E-state index is 12.4. The second kappa shape index (κ2) is 6.84. The molecule has 0 aliphatic heterocycles. The Morgan fingerprint density at radius 3 is 2.57 bits per heavy atom. The third-order valence-electron chi connectivity index (χ3n) is 3.89. The van der Waals surface area contributed by atoms with Crippen LogP contribution < -0.4 is 5.32 Å². The molecule has 1 heterocycles. The number of carbonyl (C=O) groups excluding carboxylic acids is 2. The molecule has 1 aromatic carbocycles. The van der Waals surface area contributed by atoms with E-state index in [9.17, 15) is 9.59 Å². The van der Waals surface area contributed by atoms with Crippen molar-refractivity contribution in [1.82, 2.24) is 0 Å². The van der Waals surface area contributed by atoms with E-state index < -0.39 is 0 Å². The first-order valence-electron chi connectivity index (χ1n) is 7.40. The molecule has 0 fully saturated rings. The number of methoxy groups -OCH3 is 1. The number of rotatable bonds is 3. The fourth-order valence-electron chi connectivity index (χ4n) is 2.75. The minimum atomic E-state index is -0.379. The van der Waals surface area contributed by atoms with Gasteiger partial charge in [0.2, 0.25) is 0 Å². The van der Waals surface area contributed by atoms with Gasteiger partial charge in [-0.15, -0.1) is 11.3 Å². The number of carbonyl (C=O) groups is 2. The van der Waals surface area contributed by atoms with Gasteiger partial charge in [-0.2, -0.15) is 0 Å². The quantitative estimate of drug-likeness (QED) is 0.784. The Morgan fingerprint density at radius 1 is 1.17 bits per heavy atom. The molecule has 1 N–H and O–H groups in total. The van der Waals surface area contributed by atoms with Crippen molar-refractivity contribution in [1.29, 1.82) is 0 Å². The number of thiophene rings is 1. The van der Waals surface area contributed by atoms with E-state index in [2.05, 4.69) is 21.2 Å². The van der Waals surface area contributed by atoms with Crippen LogP contribution in [0.15, 0.2) is 28.7 Å². The molecular formula is C17H16BrNO3S. The number of esters is 1. The van der Waals surface area contributed by atoms with Crippen molar-refractivity contribution in [2.75, 3.05) is 12.4 Å². The van der Waals surface area contributed by atoms with Gasteiger partial charge in [-0.25, -0.2) is 4.79 Å². The number of ether oxygens (including phenoxy) is 1. The first-order chi connectivity index (χ1) is 11.1. The summed E-state index contributed by atoms with van der Waals surface area (Å²) >= 11 is 4.84. The van der Waals surface area contributed by atoms with Gasteiger partial charge in [0.1, 0.15) is 5.00 Å². The van der Waals surface area contributed by atoms with Crippen LogP contribution >= 0.6 is 27.3 Å². The van der Waals surface area contributed by atoms with Crippen molar-refractivity contribution in [3.05, 3.63) is 50.3 Å². The van der Waals surface area contributed by atoms with E-state index in [0.29, 0.717) is 16.1 Å². The van der Waals surface area contributed by atoms with E-state index in [4.69, 9.17) is 4.74 Å².